The molecule has 0 spiro atoms. The average Bonchev–Trinajstić information content (AvgIpc) is 3.20. The number of benzene rings is 3. The first kappa shape index (κ1) is 23.6. The highest BCUT2D eigenvalue weighted by Crippen LogP contribution is 2.31. The zero-order chi connectivity index (χ0) is 24.5. The molecule has 6 nitrogen and oxygen atoms in total. The third-order valence-electron chi connectivity index (χ3n) is 6.02. The first-order chi connectivity index (χ1) is 16.2. The number of alkyl halides is 3. The van der Waals surface area contributed by atoms with Gasteiger partial charge in [0.2, 0.25) is 0 Å². The number of amides is 1. The molecule has 4 rings (SSSR count). The van der Waals surface area contributed by atoms with Crippen LogP contribution in [-0.4, -0.2) is 47.6 Å². The largest absolute Gasteiger partial charge is 0.506 e. The summed E-state index contributed by atoms with van der Waals surface area (Å²) in [4.78, 5) is 27.0. The Kier molecular flexibility index (Phi) is 6.47. The molecule has 1 aliphatic rings. The highest BCUT2D eigenvalue weighted by atomic mass is 19.4. The van der Waals surface area contributed by atoms with Gasteiger partial charge in [-0.2, -0.15) is 13.2 Å². The van der Waals surface area contributed by atoms with E-state index in [4.69, 9.17) is 4.74 Å². The van der Waals surface area contributed by atoms with Crippen molar-refractivity contribution in [2.45, 2.75) is 31.2 Å². The second kappa shape index (κ2) is 9.34. The Hall–Kier alpha value is -3.59. The summed E-state index contributed by atoms with van der Waals surface area (Å²) in [6.07, 6.45) is -4.15. The lowest BCUT2D eigenvalue weighted by Gasteiger charge is -2.22. The molecule has 1 amide bonds. The second-order valence-corrected chi connectivity index (χ2v) is 8.25. The first-order valence-corrected chi connectivity index (χ1v) is 10.7. The Balaban J connectivity index is 1.49. The molecule has 0 unspecified atom stereocenters. The number of likely N-dealkylation sites (tertiary alicyclic amines) is 1. The van der Waals surface area contributed by atoms with Gasteiger partial charge in [0.1, 0.15) is 11.8 Å². The van der Waals surface area contributed by atoms with Gasteiger partial charge in [0.25, 0.3) is 5.91 Å². The smallest absolute Gasteiger partial charge is 0.416 e. The number of methoxy groups -OCH3 is 1. The van der Waals surface area contributed by atoms with Crippen LogP contribution in [0, 0.1) is 0 Å². The number of carbonyl (C=O) groups is 2. The zero-order valence-electron chi connectivity index (χ0n) is 18.3. The molecule has 0 bridgehead atoms. The summed E-state index contributed by atoms with van der Waals surface area (Å²) in [6.45, 7) is 0.506. The van der Waals surface area contributed by atoms with Gasteiger partial charge in [0.15, 0.2) is 0 Å². The number of nitrogens with zero attached hydrogens (tertiary/aromatic N) is 1. The van der Waals surface area contributed by atoms with Gasteiger partial charge in [-0.25, -0.2) is 0 Å². The molecule has 0 aromatic heterocycles. The van der Waals surface area contributed by atoms with Crippen LogP contribution in [0.5, 0.6) is 5.75 Å². The predicted molar refractivity (Wildman–Crippen MR) is 119 cm³/mol. The number of carbonyl (C=O) groups excluding carboxylic acids is 2. The Morgan fingerprint density at radius 3 is 2.47 bits per heavy atom. The fourth-order valence-corrected chi connectivity index (χ4v) is 4.30. The zero-order valence-corrected chi connectivity index (χ0v) is 18.3. The summed E-state index contributed by atoms with van der Waals surface area (Å²) in [6, 6.07) is 14.1. The lowest BCUT2D eigenvalue weighted by molar-refractivity contribution is -0.146. The molecule has 34 heavy (non-hydrogen) atoms. The molecule has 1 aliphatic heterocycles. The number of phenols is 1. The van der Waals surface area contributed by atoms with E-state index >= 15 is 0 Å². The molecule has 3 aromatic rings. The number of halogens is 3. The fourth-order valence-electron chi connectivity index (χ4n) is 4.30. The van der Waals surface area contributed by atoms with Crippen LogP contribution >= 0.6 is 0 Å². The molecule has 178 valence electrons. The van der Waals surface area contributed by atoms with Gasteiger partial charge in [-0.15, -0.1) is 0 Å². The van der Waals surface area contributed by atoms with Crippen LogP contribution in [0.3, 0.4) is 0 Å². The third kappa shape index (κ3) is 4.84. The SMILES string of the molecule is COC(=O)[C@@H]1C[C@@H](NC(=O)c2ccc3ccccc3c2O)CN1Cc1ccc(C(F)(F)F)cc1. The van der Waals surface area contributed by atoms with E-state index in [0.29, 0.717) is 17.5 Å². The third-order valence-corrected chi connectivity index (χ3v) is 6.02. The summed E-state index contributed by atoms with van der Waals surface area (Å²) in [5.41, 5.74) is -0.0296. The van der Waals surface area contributed by atoms with Gasteiger partial charge in [-0.05, 0) is 35.6 Å². The quantitative estimate of drug-likeness (QED) is 0.547. The van der Waals surface area contributed by atoms with Gasteiger partial charge in [-0.1, -0.05) is 42.5 Å². The second-order valence-electron chi connectivity index (χ2n) is 8.25. The van der Waals surface area contributed by atoms with Crippen molar-refractivity contribution in [3.63, 3.8) is 0 Å². The molecular formula is C25H23F3N2O4. The monoisotopic (exact) mass is 472 g/mol. The number of phenolic OH excluding ortho intramolecular Hbond substituents is 1. The van der Waals surface area contributed by atoms with Crippen LogP contribution in [0.2, 0.25) is 0 Å². The normalized spacial score (nSPS) is 18.7. The number of hydrogen-bond acceptors (Lipinski definition) is 5. The number of hydrogen-bond donors (Lipinski definition) is 2. The number of esters is 1. The molecule has 0 aliphatic carbocycles. The van der Waals surface area contributed by atoms with Crippen molar-refractivity contribution in [1.29, 1.82) is 0 Å². The maximum atomic E-state index is 12.9. The molecule has 1 fully saturated rings. The molecule has 0 radical (unpaired) electrons. The van der Waals surface area contributed by atoms with Crippen LogP contribution in [0.1, 0.15) is 27.9 Å². The van der Waals surface area contributed by atoms with Crippen LogP contribution in [0.15, 0.2) is 60.7 Å². The van der Waals surface area contributed by atoms with Crippen molar-refractivity contribution in [1.82, 2.24) is 10.2 Å². The molecular weight excluding hydrogens is 449 g/mol. The summed E-state index contributed by atoms with van der Waals surface area (Å²) < 4.78 is 43.4. The molecule has 2 atom stereocenters. The van der Waals surface area contributed by atoms with Gasteiger partial charge in [0, 0.05) is 24.5 Å². The van der Waals surface area contributed by atoms with E-state index < -0.39 is 35.7 Å². The predicted octanol–water partition coefficient (Wildman–Crippen LogP) is 4.11. The van der Waals surface area contributed by atoms with Crippen LogP contribution in [-0.2, 0) is 22.3 Å². The van der Waals surface area contributed by atoms with E-state index in [1.54, 1.807) is 29.2 Å². The van der Waals surface area contributed by atoms with Crippen molar-refractivity contribution >= 4 is 22.6 Å². The molecule has 1 saturated heterocycles. The number of aromatic hydroxyl groups is 1. The summed E-state index contributed by atoms with van der Waals surface area (Å²) in [7, 11) is 1.26. The average molecular weight is 472 g/mol. The van der Waals surface area contributed by atoms with Crippen LogP contribution < -0.4 is 5.32 Å². The molecule has 0 saturated carbocycles. The van der Waals surface area contributed by atoms with E-state index in [1.807, 2.05) is 12.1 Å². The summed E-state index contributed by atoms with van der Waals surface area (Å²) in [5, 5.41) is 14.8. The van der Waals surface area contributed by atoms with Gasteiger partial charge < -0.3 is 15.2 Å². The topological polar surface area (TPSA) is 78.9 Å². The van der Waals surface area contributed by atoms with Crippen LogP contribution in [0.25, 0.3) is 10.8 Å². The Labute approximate surface area is 193 Å². The van der Waals surface area contributed by atoms with Gasteiger partial charge in [0.05, 0.1) is 18.2 Å². The Morgan fingerprint density at radius 2 is 1.79 bits per heavy atom. The minimum atomic E-state index is -4.43. The first-order valence-electron chi connectivity index (χ1n) is 10.7. The van der Waals surface area contributed by atoms with E-state index in [9.17, 15) is 27.9 Å². The van der Waals surface area contributed by atoms with Crippen LogP contribution in [0.4, 0.5) is 13.2 Å². The highest BCUT2D eigenvalue weighted by Gasteiger charge is 2.38. The maximum absolute atomic E-state index is 12.9. The lowest BCUT2D eigenvalue weighted by atomic mass is 10.0. The van der Waals surface area contributed by atoms with Crippen molar-refractivity contribution in [2.75, 3.05) is 13.7 Å². The van der Waals surface area contributed by atoms with Crippen molar-refractivity contribution in [3.05, 3.63) is 77.4 Å². The van der Waals surface area contributed by atoms with E-state index in [2.05, 4.69) is 5.32 Å². The number of rotatable bonds is 5. The van der Waals surface area contributed by atoms with Crippen molar-refractivity contribution in [3.8, 4) is 5.75 Å². The number of nitrogens with one attached hydrogen (secondary N) is 1. The van der Waals surface area contributed by atoms with Gasteiger partial charge in [-0.3, -0.25) is 14.5 Å². The highest BCUT2D eigenvalue weighted by molar-refractivity contribution is 6.03. The van der Waals surface area contributed by atoms with Crippen molar-refractivity contribution in [2.24, 2.45) is 0 Å². The molecule has 2 N–H and O–H groups in total. The minimum Gasteiger partial charge on any atom is -0.506 e. The summed E-state index contributed by atoms with van der Waals surface area (Å²) in [5.74, 6) is -1.09. The molecule has 9 heteroatoms. The van der Waals surface area contributed by atoms with E-state index in [0.717, 1.165) is 17.5 Å². The molecule has 3 aromatic carbocycles. The Bertz CT molecular complexity index is 1210. The Morgan fingerprint density at radius 1 is 1.09 bits per heavy atom. The number of fused-ring (bicyclic) bond motifs is 1. The number of ether oxygens (including phenoxy) is 1. The van der Waals surface area contributed by atoms with E-state index in [-0.39, 0.29) is 24.3 Å². The van der Waals surface area contributed by atoms with Crippen molar-refractivity contribution < 1.29 is 32.6 Å². The summed E-state index contributed by atoms with van der Waals surface area (Å²) >= 11 is 0. The van der Waals surface area contributed by atoms with E-state index in [1.165, 1.54) is 19.2 Å². The maximum Gasteiger partial charge on any atom is 0.416 e. The fraction of sp³-hybridized carbons (Fsp3) is 0.280. The lowest BCUT2D eigenvalue weighted by Crippen LogP contribution is -2.37. The standard InChI is InChI=1S/C25H23F3N2O4/c1-34-24(33)21-12-18(14-30(21)13-15-6-9-17(10-7-15)25(26,27)28)29-23(32)20-11-8-16-4-2-3-5-19(16)22(20)31/h2-11,18,21,31H,12-14H2,1H3,(H,29,32)/t18-,21+/m1/s1. The minimum absolute atomic E-state index is 0.120. The van der Waals surface area contributed by atoms with Gasteiger partial charge >= 0.3 is 12.1 Å². The molecule has 1 heterocycles.